The van der Waals surface area contributed by atoms with E-state index in [1.165, 1.54) is 6.20 Å². The predicted molar refractivity (Wildman–Crippen MR) is 64.5 cm³/mol. The number of hydrogen-bond donors (Lipinski definition) is 1. The molecule has 0 atom stereocenters. The van der Waals surface area contributed by atoms with Gasteiger partial charge in [0.25, 0.3) is 0 Å². The van der Waals surface area contributed by atoms with E-state index in [9.17, 15) is 0 Å². The molecule has 0 saturated carbocycles. The first-order valence-electron chi connectivity index (χ1n) is 4.75. The number of aliphatic hydroxyl groups is 1. The predicted octanol–water partition coefficient (Wildman–Crippen LogP) is 3.07. The number of aromatic nitrogens is 2. The van der Waals surface area contributed by atoms with Crippen molar-refractivity contribution in [1.82, 2.24) is 9.97 Å². The molecule has 4 nitrogen and oxygen atoms in total. The minimum absolute atomic E-state index is 0.0581. The number of nitrogens with zero attached hydrogens (tertiary/aromatic N) is 2. The molecule has 0 saturated heterocycles. The lowest BCUT2D eigenvalue weighted by molar-refractivity contribution is 0.281. The van der Waals surface area contributed by atoms with Crippen LogP contribution < -0.4 is 4.74 Å². The van der Waals surface area contributed by atoms with Crippen LogP contribution in [0, 0.1) is 0 Å². The maximum atomic E-state index is 9.00. The zero-order chi connectivity index (χ0) is 12.3. The van der Waals surface area contributed by atoms with E-state index < -0.39 is 0 Å². The summed E-state index contributed by atoms with van der Waals surface area (Å²) in [6.07, 6.45) is 1.36. The molecule has 1 N–H and O–H groups in total. The Bertz CT molecular complexity index is 535. The van der Waals surface area contributed by atoms with Crippen molar-refractivity contribution in [1.29, 1.82) is 0 Å². The van der Waals surface area contributed by atoms with E-state index in [-0.39, 0.29) is 22.8 Å². The van der Waals surface area contributed by atoms with Crippen molar-refractivity contribution >= 4 is 23.2 Å². The normalized spacial score (nSPS) is 10.3. The Morgan fingerprint density at radius 3 is 2.88 bits per heavy atom. The molecule has 0 bridgehead atoms. The molecular weight excluding hydrogens is 263 g/mol. The van der Waals surface area contributed by atoms with E-state index in [0.717, 1.165) is 5.56 Å². The van der Waals surface area contributed by atoms with Gasteiger partial charge in [-0.15, -0.1) is 0 Å². The van der Waals surface area contributed by atoms with E-state index in [4.69, 9.17) is 33.0 Å². The van der Waals surface area contributed by atoms with Gasteiger partial charge in [-0.25, -0.2) is 4.98 Å². The second-order valence-electron chi connectivity index (χ2n) is 3.20. The zero-order valence-electron chi connectivity index (χ0n) is 8.60. The monoisotopic (exact) mass is 270 g/mol. The average molecular weight is 271 g/mol. The van der Waals surface area contributed by atoms with Gasteiger partial charge in [0, 0.05) is 0 Å². The summed E-state index contributed by atoms with van der Waals surface area (Å²) in [5.41, 5.74) is 0.735. The van der Waals surface area contributed by atoms with E-state index in [0.29, 0.717) is 5.75 Å². The summed E-state index contributed by atoms with van der Waals surface area (Å²) in [6, 6.07) is 6.96. The van der Waals surface area contributed by atoms with Crippen LogP contribution in [-0.4, -0.2) is 15.1 Å². The largest absolute Gasteiger partial charge is 0.437 e. The fraction of sp³-hybridized carbons (Fsp3) is 0.0909. The van der Waals surface area contributed by atoms with Crippen LogP contribution in [0.1, 0.15) is 5.56 Å². The van der Waals surface area contributed by atoms with Gasteiger partial charge in [-0.2, -0.15) is 4.98 Å². The van der Waals surface area contributed by atoms with Crippen LogP contribution >= 0.6 is 23.2 Å². The molecule has 17 heavy (non-hydrogen) atoms. The number of aliphatic hydroxyl groups excluding tert-OH is 1. The molecule has 0 aliphatic carbocycles. The number of benzene rings is 1. The highest BCUT2D eigenvalue weighted by Gasteiger charge is 2.07. The maximum Gasteiger partial charge on any atom is 0.242 e. The quantitative estimate of drug-likeness (QED) is 0.871. The molecule has 0 aliphatic rings. The molecule has 1 aromatic carbocycles. The second-order valence-corrected chi connectivity index (χ2v) is 3.94. The van der Waals surface area contributed by atoms with Crippen LogP contribution in [-0.2, 0) is 6.61 Å². The Kier molecular flexibility index (Phi) is 3.78. The molecule has 0 unspecified atom stereocenters. The number of halogens is 2. The molecule has 1 heterocycles. The topological polar surface area (TPSA) is 55.2 Å². The molecule has 88 valence electrons. The summed E-state index contributed by atoms with van der Waals surface area (Å²) in [5.74, 6) is 0.704. The lowest BCUT2D eigenvalue weighted by atomic mass is 10.2. The summed E-state index contributed by atoms with van der Waals surface area (Å²) in [5, 5.41) is 9.32. The highest BCUT2D eigenvalue weighted by atomic mass is 35.5. The summed E-state index contributed by atoms with van der Waals surface area (Å²) < 4.78 is 5.45. The summed E-state index contributed by atoms with van der Waals surface area (Å²) in [7, 11) is 0. The fourth-order valence-corrected chi connectivity index (χ4v) is 1.48. The number of rotatable bonds is 3. The highest BCUT2D eigenvalue weighted by molar-refractivity contribution is 6.32. The van der Waals surface area contributed by atoms with Crippen molar-refractivity contribution < 1.29 is 9.84 Å². The van der Waals surface area contributed by atoms with Crippen molar-refractivity contribution in [3.05, 3.63) is 46.3 Å². The maximum absolute atomic E-state index is 9.00. The molecule has 6 heteroatoms. The Hall–Kier alpha value is -1.36. The molecule has 1 aromatic heterocycles. The van der Waals surface area contributed by atoms with Crippen LogP contribution in [0.5, 0.6) is 11.6 Å². The first-order valence-corrected chi connectivity index (χ1v) is 5.50. The highest BCUT2D eigenvalue weighted by Crippen LogP contribution is 2.27. The fourth-order valence-electron chi connectivity index (χ4n) is 1.22. The molecule has 2 rings (SSSR count). The van der Waals surface area contributed by atoms with Crippen LogP contribution in [0.3, 0.4) is 0 Å². The van der Waals surface area contributed by atoms with Crippen molar-refractivity contribution in [3.8, 4) is 11.6 Å². The molecule has 2 aromatic rings. The molecule has 0 aliphatic heterocycles. The lowest BCUT2D eigenvalue weighted by Crippen LogP contribution is -1.92. The van der Waals surface area contributed by atoms with Crippen LogP contribution in [0.25, 0.3) is 0 Å². The SMILES string of the molecule is OCc1cccc(Oc2nc(Cl)ncc2Cl)c1. The average Bonchev–Trinajstić information content (AvgIpc) is 2.34. The van der Waals surface area contributed by atoms with Crippen molar-refractivity contribution in [3.63, 3.8) is 0 Å². The van der Waals surface area contributed by atoms with Gasteiger partial charge in [0.1, 0.15) is 10.8 Å². The summed E-state index contributed by atoms with van der Waals surface area (Å²) in [6.45, 7) is -0.0601. The zero-order valence-corrected chi connectivity index (χ0v) is 10.1. The minimum atomic E-state index is -0.0601. The van der Waals surface area contributed by atoms with Gasteiger partial charge >= 0.3 is 0 Å². The van der Waals surface area contributed by atoms with Gasteiger partial charge in [-0.05, 0) is 29.3 Å². The molecule has 0 amide bonds. The van der Waals surface area contributed by atoms with Crippen molar-refractivity contribution in [2.75, 3.05) is 0 Å². The van der Waals surface area contributed by atoms with Crippen molar-refractivity contribution in [2.24, 2.45) is 0 Å². The van der Waals surface area contributed by atoms with Gasteiger partial charge in [0.2, 0.25) is 11.2 Å². The van der Waals surface area contributed by atoms with Gasteiger partial charge in [0.05, 0.1) is 12.8 Å². The molecule has 0 radical (unpaired) electrons. The van der Waals surface area contributed by atoms with Gasteiger partial charge in [-0.3, -0.25) is 0 Å². The van der Waals surface area contributed by atoms with E-state index in [2.05, 4.69) is 9.97 Å². The third kappa shape index (κ3) is 3.06. The Labute approximate surface area is 108 Å². The van der Waals surface area contributed by atoms with Crippen LogP contribution in [0.2, 0.25) is 10.3 Å². The first-order chi connectivity index (χ1) is 8.19. The van der Waals surface area contributed by atoms with Gasteiger partial charge < -0.3 is 9.84 Å². The molecule has 0 fully saturated rings. The third-order valence-electron chi connectivity index (χ3n) is 1.98. The van der Waals surface area contributed by atoms with Gasteiger partial charge in [-0.1, -0.05) is 23.7 Å². The van der Waals surface area contributed by atoms with E-state index in [1.54, 1.807) is 24.3 Å². The molecule has 0 spiro atoms. The Balaban J connectivity index is 2.27. The molecular formula is C11H8Cl2N2O2. The minimum Gasteiger partial charge on any atom is -0.437 e. The van der Waals surface area contributed by atoms with Crippen molar-refractivity contribution in [2.45, 2.75) is 6.61 Å². The second kappa shape index (κ2) is 5.31. The van der Waals surface area contributed by atoms with E-state index >= 15 is 0 Å². The van der Waals surface area contributed by atoms with Crippen LogP contribution in [0.4, 0.5) is 0 Å². The third-order valence-corrected chi connectivity index (χ3v) is 2.42. The number of hydrogen-bond acceptors (Lipinski definition) is 4. The van der Waals surface area contributed by atoms with E-state index in [1.807, 2.05) is 0 Å². The smallest absolute Gasteiger partial charge is 0.242 e. The standard InChI is InChI=1S/C11H8Cl2N2O2/c12-9-5-14-11(13)15-10(9)17-8-3-1-2-7(4-8)6-16/h1-5,16H,6H2. The Morgan fingerprint density at radius 2 is 2.12 bits per heavy atom. The van der Waals surface area contributed by atoms with Gasteiger partial charge in [0.15, 0.2) is 0 Å². The summed E-state index contributed by atoms with van der Waals surface area (Å²) >= 11 is 11.5. The number of ether oxygens (including phenoxy) is 1. The lowest BCUT2D eigenvalue weighted by Gasteiger charge is -2.07. The summed E-state index contributed by atoms with van der Waals surface area (Å²) in [4.78, 5) is 7.58. The van der Waals surface area contributed by atoms with Crippen LogP contribution in [0.15, 0.2) is 30.5 Å². The first kappa shape index (κ1) is 12.1. The Morgan fingerprint density at radius 1 is 1.29 bits per heavy atom.